The number of hydrogen-bond acceptors (Lipinski definition) is 7. The maximum absolute atomic E-state index is 14.0. The van der Waals surface area contributed by atoms with E-state index in [9.17, 15) is 9.67 Å². The Morgan fingerprint density at radius 1 is 1.03 bits per heavy atom. The monoisotopic (exact) mass is 449 g/mol. The van der Waals surface area contributed by atoms with E-state index in [1.165, 1.54) is 14.2 Å². The first-order valence-electron chi connectivity index (χ1n) is 9.70. The molecule has 170 valence electrons. The second kappa shape index (κ2) is 10.1. The van der Waals surface area contributed by atoms with Crippen molar-refractivity contribution in [2.75, 3.05) is 54.3 Å². The Morgan fingerprint density at radius 2 is 1.52 bits per heavy atom. The van der Waals surface area contributed by atoms with Gasteiger partial charge in [-0.1, -0.05) is 0 Å². The van der Waals surface area contributed by atoms with Crippen molar-refractivity contribution in [3.63, 3.8) is 0 Å². The number of phenols is 1. The van der Waals surface area contributed by atoms with Gasteiger partial charge in [0.1, 0.15) is 0 Å². The minimum Gasteiger partial charge on any atom is -0.502 e. The molecule has 31 heavy (non-hydrogen) atoms. The Labute approximate surface area is 184 Å². The van der Waals surface area contributed by atoms with E-state index in [2.05, 4.69) is 15.3 Å². The summed E-state index contributed by atoms with van der Waals surface area (Å²) in [6.45, 7) is 4.05. The Kier molecular flexibility index (Phi) is 8.06. The molecule has 0 saturated carbocycles. The maximum Gasteiger partial charge on any atom is 0.242 e. The molecule has 0 saturated heterocycles. The summed E-state index contributed by atoms with van der Waals surface area (Å²) in [6, 6.07) is 5.23. The number of ether oxygens (including phenoxy) is 2. The van der Waals surface area contributed by atoms with Gasteiger partial charge in [0, 0.05) is 23.2 Å². The van der Waals surface area contributed by atoms with Crippen LogP contribution < -0.4 is 14.8 Å². The predicted octanol–water partition coefficient (Wildman–Crippen LogP) is 3.59. The summed E-state index contributed by atoms with van der Waals surface area (Å²) >= 11 is 0. The number of aromatic nitrogens is 2. The van der Waals surface area contributed by atoms with Crippen LogP contribution >= 0.6 is 7.44 Å². The third kappa shape index (κ3) is 5.55. The first kappa shape index (κ1) is 24.7. The molecule has 0 fully saturated rings. The van der Waals surface area contributed by atoms with E-state index in [1.807, 2.05) is 19.9 Å². The van der Waals surface area contributed by atoms with Crippen LogP contribution in [-0.2, 0) is 4.57 Å². The van der Waals surface area contributed by atoms with Gasteiger partial charge in [-0.3, -0.25) is 4.57 Å². The van der Waals surface area contributed by atoms with Gasteiger partial charge in [0.2, 0.25) is 19.1 Å². The molecular formula is C21H32N5O4P. The van der Waals surface area contributed by atoms with Crippen LogP contribution in [0.1, 0.15) is 17.0 Å². The highest BCUT2D eigenvalue weighted by atomic mass is 31.2. The summed E-state index contributed by atoms with van der Waals surface area (Å²) in [5.74, 6) is 0.905. The van der Waals surface area contributed by atoms with E-state index in [1.54, 1.807) is 55.7 Å². The third-order valence-electron chi connectivity index (χ3n) is 4.70. The molecule has 1 aromatic carbocycles. The second-order valence-corrected chi connectivity index (χ2v) is 10.7. The zero-order chi connectivity index (χ0) is 23.3. The first-order chi connectivity index (χ1) is 14.5. The molecule has 0 aliphatic heterocycles. The fraction of sp³-hybridized carbons (Fsp3) is 0.429. The molecule has 0 aliphatic rings. The van der Waals surface area contributed by atoms with Crippen molar-refractivity contribution in [3.8, 4) is 17.2 Å². The van der Waals surface area contributed by atoms with Gasteiger partial charge >= 0.3 is 0 Å². The number of methoxy groups -OCH3 is 2. The van der Waals surface area contributed by atoms with Crippen LogP contribution in [0.4, 0.5) is 5.95 Å². The first-order valence-corrected chi connectivity index (χ1v) is 11.3. The SMILES string of the molecule is COc1cc(/C=C(\CNc2nc(C)cc(C)n2)P(=O)(N(C)C)N(C)C)cc(OC)c1O. The van der Waals surface area contributed by atoms with Crippen LogP contribution in [0.15, 0.2) is 23.5 Å². The maximum atomic E-state index is 14.0. The number of aryl methyl sites for hydroxylation is 2. The van der Waals surface area contributed by atoms with E-state index in [0.29, 0.717) is 16.8 Å². The van der Waals surface area contributed by atoms with Gasteiger partial charge in [-0.05, 0) is 71.9 Å². The van der Waals surface area contributed by atoms with Gasteiger partial charge in [0.05, 0.1) is 14.2 Å². The number of phenolic OH excluding ortho intramolecular Hbond substituents is 1. The lowest BCUT2D eigenvalue weighted by Crippen LogP contribution is -2.25. The van der Waals surface area contributed by atoms with Crippen LogP contribution in [0.3, 0.4) is 0 Å². The minimum absolute atomic E-state index is 0.0890. The normalized spacial score (nSPS) is 12.4. The lowest BCUT2D eigenvalue weighted by Gasteiger charge is -2.33. The molecule has 2 rings (SSSR count). The summed E-state index contributed by atoms with van der Waals surface area (Å²) in [5, 5.41) is 14.0. The molecule has 1 heterocycles. The van der Waals surface area contributed by atoms with Gasteiger partial charge < -0.3 is 19.9 Å². The molecule has 0 spiro atoms. The Bertz CT molecular complexity index is 950. The van der Waals surface area contributed by atoms with Crippen molar-refractivity contribution >= 4 is 19.5 Å². The highest BCUT2D eigenvalue weighted by molar-refractivity contribution is 7.63. The van der Waals surface area contributed by atoms with E-state index < -0.39 is 7.44 Å². The number of rotatable bonds is 9. The van der Waals surface area contributed by atoms with Crippen molar-refractivity contribution < 1.29 is 19.1 Å². The quantitative estimate of drug-likeness (QED) is 0.556. The highest BCUT2D eigenvalue weighted by Gasteiger charge is 2.33. The number of aromatic hydroxyl groups is 1. The van der Waals surface area contributed by atoms with Crippen LogP contribution in [0, 0.1) is 13.8 Å². The van der Waals surface area contributed by atoms with Gasteiger partial charge in [0.25, 0.3) is 0 Å². The van der Waals surface area contributed by atoms with E-state index >= 15 is 0 Å². The number of nitrogens with zero attached hydrogens (tertiary/aromatic N) is 4. The van der Waals surface area contributed by atoms with Crippen molar-refractivity contribution in [2.24, 2.45) is 0 Å². The van der Waals surface area contributed by atoms with Crippen LogP contribution in [-0.4, -0.2) is 73.4 Å². The standard InChI is InChI=1S/C21H32N5O4P/c1-14-9-15(2)24-21(23-14)22-13-17(31(28,25(3)4)26(5)6)10-16-11-18(29-7)20(27)19(12-16)30-8/h9-12,27H,13H2,1-8H3,(H,22,23,24)/b17-10+. The van der Waals surface area contributed by atoms with Crippen LogP contribution in [0.2, 0.25) is 0 Å². The minimum atomic E-state index is -3.09. The molecule has 2 aromatic rings. The fourth-order valence-corrected chi connectivity index (χ4v) is 5.62. The smallest absolute Gasteiger partial charge is 0.242 e. The van der Waals surface area contributed by atoms with Gasteiger partial charge in [-0.2, -0.15) is 0 Å². The number of anilines is 1. The molecule has 10 heteroatoms. The Morgan fingerprint density at radius 3 is 1.94 bits per heavy atom. The van der Waals surface area contributed by atoms with Crippen molar-refractivity contribution in [2.45, 2.75) is 13.8 Å². The number of hydrogen-bond donors (Lipinski definition) is 2. The third-order valence-corrected chi connectivity index (χ3v) is 7.91. The van der Waals surface area contributed by atoms with Crippen LogP contribution in [0.25, 0.3) is 6.08 Å². The summed E-state index contributed by atoms with van der Waals surface area (Å²) in [4.78, 5) is 8.82. The zero-order valence-corrected chi connectivity index (χ0v) is 20.3. The van der Waals surface area contributed by atoms with Gasteiger partial charge in [0.15, 0.2) is 11.5 Å². The zero-order valence-electron chi connectivity index (χ0n) is 19.4. The van der Waals surface area contributed by atoms with Gasteiger partial charge in [-0.15, -0.1) is 0 Å². The highest BCUT2D eigenvalue weighted by Crippen LogP contribution is 2.57. The summed E-state index contributed by atoms with van der Waals surface area (Å²) in [5.41, 5.74) is 2.36. The molecule has 0 amide bonds. The Hall–Kier alpha value is -2.61. The molecule has 0 aliphatic carbocycles. The summed E-state index contributed by atoms with van der Waals surface area (Å²) in [6.07, 6.45) is 1.81. The van der Waals surface area contributed by atoms with E-state index in [-0.39, 0.29) is 23.8 Å². The number of nitrogens with one attached hydrogen (secondary N) is 1. The lowest BCUT2D eigenvalue weighted by molar-refractivity contribution is 0.340. The molecule has 9 nitrogen and oxygen atoms in total. The molecule has 1 aromatic heterocycles. The average molecular weight is 449 g/mol. The summed E-state index contributed by atoms with van der Waals surface area (Å²) < 4.78 is 28.0. The van der Waals surface area contributed by atoms with Gasteiger partial charge in [-0.25, -0.2) is 19.3 Å². The number of benzene rings is 1. The van der Waals surface area contributed by atoms with Crippen molar-refractivity contribution in [3.05, 3.63) is 40.5 Å². The predicted molar refractivity (Wildman–Crippen MR) is 124 cm³/mol. The molecule has 0 radical (unpaired) electrons. The lowest BCUT2D eigenvalue weighted by atomic mass is 10.1. The molecule has 0 atom stereocenters. The topological polar surface area (TPSA) is 100 Å². The molecule has 0 unspecified atom stereocenters. The largest absolute Gasteiger partial charge is 0.502 e. The van der Waals surface area contributed by atoms with Crippen molar-refractivity contribution in [1.82, 2.24) is 19.3 Å². The molecule has 0 bridgehead atoms. The Balaban J connectivity index is 2.58. The molecular weight excluding hydrogens is 417 g/mol. The molecule has 2 N–H and O–H groups in total. The van der Waals surface area contributed by atoms with E-state index in [4.69, 9.17) is 9.47 Å². The fourth-order valence-electron chi connectivity index (χ4n) is 3.27. The summed E-state index contributed by atoms with van der Waals surface area (Å²) in [7, 11) is 6.95. The van der Waals surface area contributed by atoms with E-state index in [0.717, 1.165) is 11.4 Å². The van der Waals surface area contributed by atoms with Crippen LogP contribution in [0.5, 0.6) is 17.2 Å². The average Bonchev–Trinajstić information content (AvgIpc) is 2.70. The van der Waals surface area contributed by atoms with Crippen molar-refractivity contribution in [1.29, 1.82) is 0 Å². The second-order valence-electron chi connectivity index (χ2n) is 7.48.